The summed E-state index contributed by atoms with van der Waals surface area (Å²) in [5.74, 6) is 3.34. The number of thioether (sulfide) groups is 2. The van der Waals surface area contributed by atoms with Crippen molar-refractivity contribution in [3.05, 3.63) is 16.4 Å². The first-order valence-electron chi connectivity index (χ1n) is 4.75. The molecule has 0 saturated carbocycles. The Morgan fingerprint density at radius 2 is 2.47 bits per heavy atom. The van der Waals surface area contributed by atoms with E-state index in [2.05, 4.69) is 21.0 Å². The van der Waals surface area contributed by atoms with Gasteiger partial charge in [0.15, 0.2) is 0 Å². The van der Waals surface area contributed by atoms with Crippen molar-refractivity contribution < 1.29 is 5.11 Å². The molecule has 0 aliphatic carbocycles. The van der Waals surface area contributed by atoms with Crippen LogP contribution in [0.3, 0.4) is 0 Å². The van der Waals surface area contributed by atoms with Crippen LogP contribution in [0, 0.1) is 0 Å². The summed E-state index contributed by atoms with van der Waals surface area (Å²) in [6.45, 7) is 0. The highest BCUT2D eigenvalue weighted by Crippen LogP contribution is 2.35. The molecule has 1 aromatic heterocycles. The third-order valence-electron chi connectivity index (χ3n) is 2.41. The Labute approximate surface area is 106 Å². The zero-order chi connectivity index (χ0) is 10.8. The standard InChI is InChI=1S/C9H13BrN2OS2/c1-12-8(6(10)4-11-12)9(13)7-5-14-2-3-15-7/h4,7,9,13H,2-3,5H2,1H3. The second-order valence-corrected chi connectivity index (χ2v) is 6.78. The SMILES string of the molecule is Cn1ncc(Br)c1C(O)C1CSCCS1. The highest BCUT2D eigenvalue weighted by Gasteiger charge is 2.27. The first kappa shape index (κ1) is 11.8. The number of aliphatic hydroxyl groups is 1. The fraction of sp³-hybridized carbons (Fsp3) is 0.667. The summed E-state index contributed by atoms with van der Waals surface area (Å²) in [6.07, 6.45) is 1.31. The van der Waals surface area contributed by atoms with Crippen LogP contribution in [-0.2, 0) is 7.05 Å². The van der Waals surface area contributed by atoms with Gasteiger partial charge in [-0.2, -0.15) is 28.6 Å². The lowest BCUT2D eigenvalue weighted by Gasteiger charge is -2.26. The van der Waals surface area contributed by atoms with E-state index >= 15 is 0 Å². The number of hydrogen-bond acceptors (Lipinski definition) is 4. The summed E-state index contributed by atoms with van der Waals surface area (Å²) in [4.78, 5) is 0. The van der Waals surface area contributed by atoms with Gasteiger partial charge in [-0.3, -0.25) is 4.68 Å². The first-order valence-corrected chi connectivity index (χ1v) is 7.74. The predicted octanol–water partition coefficient (Wildman–Crippen LogP) is 2.06. The second kappa shape index (κ2) is 5.12. The van der Waals surface area contributed by atoms with Crippen molar-refractivity contribution in [2.24, 2.45) is 7.05 Å². The van der Waals surface area contributed by atoms with Crippen molar-refractivity contribution >= 4 is 39.5 Å². The lowest BCUT2D eigenvalue weighted by molar-refractivity contribution is 0.170. The zero-order valence-corrected chi connectivity index (χ0v) is 11.6. The monoisotopic (exact) mass is 308 g/mol. The van der Waals surface area contributed by atoms with E-state index < -0.39 is 6.10 Å². The van der Waals surface area contributed by atoms with Crippen LogP contribution >= 0.6 is 39.5 Å². The molecule has 0 amide bonds. The van der Waals surface area contributed by atoms with Crippen LogP contribution in [-0.4, -0.2) is 37.4 Å². The molecule has 6 heteroatoms. The van der Waals surface area contributed by atoms with Crippen LogP contribution < -0.4 is 0 Å². The van der Waals surface area contributed by atoms with Crippen LogP contribution in [0.2, 0.25) is 0 Å². The van der Waals surface area contributed by atoms with Gasteiger partial charge >= 0.3 is 0 Å². The van der Waals surface area contributed by atoms with Gasteiger partial charge in [-0.25, -0.2) is 0 Å². The summed E-state index contributed by atoms with van der Waals surface area (Å²) in [6, 6.07) is 0. The van der Waals surface area contributed by atoms with E-state index in [1.165, 1.54) is 5.75 Å². The quantitative estimate of drug-likeness (QED) is 0.907. The lowest BCUT2D eigenvalue weighted by atomic mass is 10.2. The highest BCUT2D eigenvalue weighted by atomic mass is 79.9. The van der Waals surface area contributed by atoms with Crippen LogP contribution in [0.15, 0.2) is 10.7 Å². The first-order chi connectivity index (χ1) is 7.20. The van der Waals surface area contributed by atoms with Gasteiger partial charge in [-0.15, -0.1) is 0 Å². The zero-order valence-electron chi connectivity index (χ0n) is 8.39. The van der Waals surface area contributed by atoms with Crippen molar-refractivity contribution in [3.63, 3.8) is 0 Å². The summed E-state index contributed by atoms with van der Waals surface area (Å²) in [5, 5.41) is 14.7. The molecule has 0 aromatic carbocycles. The van der Waals surface area contributed by atoms with E-state index in [9.17, 15) is 5.11 Å². The van der Waals surface area contributed by atoms with Gasteiger partial charge in [0, 0.05) is 29.6 Å². The minimum Gasteiger partial charge on any atom is -0.386 e. The largest absolute Gasteiger partial charge is 0.386 e. The maximum atomic E-state index is 10.3. The van der Waals surface area contributed by atoms with E-state index in [-0.39, 0.29) is 5.25 Å². The van der Waals surface area contributed by atoms with Gasteiger partial charge in [0.05, 0.1) is 16.4 Å². The molecule has 2 rings (SSSR count). The van der Waals surface area contributed by atoms with Gasteiger partial charge in [0.2, 0.25) is 0 Å². The Bertz CT molecular complexity index is 319. The molecule has 1 aliphatic heterocycles. The second-order valence-electron chi connectivity index (χ2n) is 3.43. The Hall–Kier alpha value is 0.350. The summed E-state index contributed by atoms with van der Waals surface area (Å²) >= 11 is 7.19. The molecule has 1 saturated heterocycles. The minimum absolute atomic E-state index is 0.287. The molecule has 1 N–H and O–H groups in total. The Kier molecular flexibility index (Phi) is 4.04. The number of aromatic nitrogens is 2. The molecule has 1 aliphatic rings. The molecular weight excluding hydrogens is 296 g/mol. The van der Waals surface area contributed by atoms with Crippen molar-refractivity contribution in [1.82, 2.24) is 9.78 Å². The smallest absolute Gasteiger partial charge is 0.109 e. The van der Waals surface area contributed by atoms with Crippen molar-refractivity contribution in [2.75, 3.05) is 17.3 Å². The molecule has 2 unspecified atom stereocenters. The van der Waals surface area contributed by atoms with Crippen molar-refractivity contribution in [1.29, 1.82) is 0 Å². The molecule has 84 valence electrons. The normalized spacial score (nSPS) is 24.1. The molecule has 0 bridgehead atoms. The van der Waals surface area contributed by atoms with E-state index in [0.29, 0.717) is 0 Å². The number of aryl methyl sites for hydroxylation is 1. The van der Waals surface area contributed by atoms with Crippen molar-refractivity contribution in [2.45, 2.75) is 11.4 Å². The van der Waals surface area contributed by atoms with E-state index in [4.69, 9.17) is 0 Å². The Balaban J connectivity index is 2.15. The fourth-order valence-corrected chi connectivity index (χ4v) is 4.93. The van der Waals surface area contributed by atoms with Crippen LogP contribution in [0.25, 0.3) is 0 Å². The molecule has 3 nitrogen and oxygen atoms in total. The molecule has 0 radical (unpaired) electrons. The molecule has 15 heavy (non-hydrogen) atoms. The van der Waals surface area contributed by atoms with Crippen LogP contribution in [0.1, 0.15) is 11.8 Å². The summed E-state index contributed by atoms with van der Waals surface area (Å²) < 4.78 is 2.64. The van der Waals surface area contributed by atoms with E-state index in [1.807, 2.05) is 30.6 Å². The van der Waals surface area contributed by atoms with Gasteiger partial charge in [-0.1, -0.05) is 0 Å². The van der Waals surface area contributed by atoms with Crippen molar-refractivity contribution in [3.8, 4) is 0 Å². The molecule has 0 spiro atoms. The minimum atomic E-state index is -0.426. The Morgan fingerprint density at radius 3 is 3.00 bits per heavy atom. The predicted molar refractivity (Wildman–Crippen MR) is 69.4 cm³/mol. The number of hydrogen-bond donors (Lipinski definition) is 1. The molecule has 2 heterocycles. The maximum Gasteiger partial charge on any atom is 0.109 e. The summed E-state index contributed by atoms with van der Waals surface area (Å²) in [7, 11) is 1.87. The molecule has 1 aromatic rings. The Morgan fingerprint density at radius 1 is 1.67 bits per heavy atom. The maximum absolute atomic E-state index is 10.3. The third-order valence-corrected chi connectivity index (χ3v) is 5.87. The van der Waals surface area contributed by atoms with Crippen LogP contribution in [0.5, 0.6) is 0 Å². The van der Waals surface area contributed by atoms with Gasteiger partial charge in [-0.05, 0) is 15.9 Å². The average Bonchev–Trinajstić information content (AvgIpc) is 2.59. The molecular formula is C9H13BrN2OS2. The topological polar surface area (TPSA) is 38.0 Å². The number of aliphatic hydroxyl groups excluding tert-OH is 1. The third kappa shape index (κ3) is 2.54. The van der Waals surface area contributed by atoms with E-state index in [0.717, 1.165) is 21.7 Å². The van der Waals surface area contributed by atoms with Crippen LogP contribution in [0.4, 0.5) is 0 Å². The van der Waals surface area contributed by atoms with E-state index in [1.54, 1.807) is 10.9 Å². The lowest BCUT2D eigenvalue weighted by Crippen LogP contribution is -2.24. The number of nitrogens with zero attached hydrogens (tertiary/aromatic N) is 2. The van der Waals surface area contributed by atoms with Gasteiger partial charge in [0.1, 0.15) is 6.10 Å². The highest BCUT2D eigenvalue weighted by molar-refractivity contribution is 9.10. The molecule has 2 atom stereocenters. The summed E-state index contributed by atoms with van der Waals surface area (Å²) in [5.41, 5.74) is 0.884. The average molecular weight is 309 g/mol. The van der Waals surface area contributed by atoms with Gasteiger partial charge in [0.25, 0.3) is 0 Å². The number of halogens is 1. The molecule has 1 fully saturated rings. The fourth-order valence-electron chi connectivity index (χ4n) is 1.62. The van der Waals surface area contributed by atoms with Gasteiger partial charge < -0.3 is 5.11 Å². The number of rotatable bonds is 2.